The first kappa shape index (κ1) is 12.3. The minimum Gasteiger partial charge on any atom is -0.383 e. The first-order chi connectivity index (χ1) is 7.79. The number of nitrogens with zero attached hydrogens (tertiary/aromatic N) is 3. The average molecular weight is 220 g/mol. The predicted molar refractivity (Wildman–Crippen MR) is 63.0 cm³/mol. The lowest BCUT2D eigenvalue weighted by molar-refractivity contribution is 0.205. The van der Waals surface area contributed by atoms with Gasteiger partial charge in [-0.3, -0.25) is 0 Å². The van der Waals surface area contributed by atoms with Crippen molar-refractivity contribution < 1.29 is 4.74 Å². The van der Waals surface area contributed by atoms with Gasteiger partial charge in [-0.05, 0) is 12.1 Å². The zero-order valence-corrected chi connectivity index (χ0v) is 9.39. The number of methoxy groups -OCH3 is 1. The molecule has 0 radical (unpaired) electrons. The highest BCUT2D eigenvalue weighted by atomic mass is 16.5. The molecule has 0 bridgehead atoms. The fourth-order valence-corrected chi connectivity index (χ4v) is 1.42. The van der Waals surface area contributed by atoms with Gasteiger partial charge in [0, 0.05) is 26.4 Å². The Morgan fingerprint density at radius 2 is 2.38 bits per heavy atom. The van der Waals surface area contributed by atoms with Crippen LogP contribution < -0.4 is 10.6 Å². The van der Waals surface area contributed by atoms with E-state index in [0.717, 1.165) is 5.69 Å². The van der Waals surface area contributed by atoms with Crippen LogP contribution in [0.4, 0.5) is 11.5 Å². The van der Waals surface area contributed by atoms with Gasteiger partial charge in [0.15, 0.2) is 0 Å². The minimum atomic E-state index is 0.456. The molecule has 2 N–H and O–H groups in total. The Morgan fingerprint density at radius 1 is 1.56 bits per heavy atom. The van der Waals surface area contributed by atoms with Gasteiger partial charge in [0.1, 0.15) is 5.82 Å². The van der Waals surface area contributed by atoms with Crippen LogP contribution in [-0.2, 0) is 4.74 Å². The van der Waals surface area contributed by atoms with Crippen molar-refractivity contribution >= 4 is 11.5 Å². The quantitative estimate of drug-likeness (QED) is 0.775. The molecule has 0 aliphatic carbocycles. The Bertz CT molecular complexity index is 361. The lowest BCUT2D eigenvalue weighted by atomic mass is 10.3. The van der Waals surface area contributed by atoms with Crippen molar-refractivity contribution in [1.82, 2.24) is 4.98 Å². The van der Waals surface area contributed by atoms with Crippen LogP contribution >= 0.6 is 0 Å². The number of aromatic nitrogens is 1. The molecule has 0 fully saturated rings. The van der Waals surface area contributed by atoms with Crippen molar-refractivity contribution in [3.8, 4) is 6.07 Å². The summed E-state index contributed by atoms with van der Waals surface area (Å²) in [5.74, 6) is 0.483. The lowest BCUT2D eigenvalue weighted by Crippen LogP contribution is -2.29. The zero-order chi connectivity index (χ0) is 11.8. The lowest BCUT2D eigenvalue weighted by Gasteiger charge is -2.24. The number of anilines is 2. The van der Waals surface area contributed by atoms with Gasteiger partial charge in [-0.15, -0.1) is 0 Å². The number of ether oxygens (including phenoxy) is 1. The smallest absolute Gasteiger partial charge is 0.146 e. The largest absolute Gasteiger partial charge is 0.383 e. The standard InChI is InChI=1S/C11H16N4O/c1-16-9-8-15(7-3-5-12)10-4-2-6-14-11(10)13/h2,4,6H,3,7-9H2,1H3,(H2,13,14). The zero-order valence-electron chi connectivity index (χ0n) is 9.39. The van der Waals surface area contributed by atoms with E-state index in [1.807, 2.05) is 17.0 Å². The second kappa shape index (κ2) is 6.64. The summed E-state index contributed by atoms with van der Waals surface area (Å²) in [6.07, 6.45) is 2.11. The van der Waals surface area contributed by atoms with Crippen molar-refractivity contribution in [3.05, 3.63) is 18.3 Å². The summed E-state index contributed by atoms with van der Waals surface area (Å²) in [6, 6.07) is 5.85. The first-order valence-electron chi connectivity index (χ1n) is 5.11. The van der Waals surface area contributed by atoms with Gasteiger partial charge >= 0.3 is 0 Å². The molecule has 0 aliphatic heterocycles. The molecule has 1 aromatic heterocycles. The van der Waals surface area contributed by atoms with E-state index < -0.39 is 0 Å². The third-order valence-corrected chi connectivity index (χ3v) is 2.22. The van der Waals surface area contributed by atoms with Crippen LogP contribution in [0.15, 0.2) is 18.3 Å². The van der Waals surface area contributed by atoms with Crippen molar-refractivity contribution in [2.24, 2.45) is 0 Å². The summed E-state index contributed by atoms with van der Waals surface area (Å²) in [7, 11) is 1.65. The van der Waals surface area contributed by atoms with Gasteiger partial charge in [0.05, 0.1) is 24.8 Å². The van der Waals surface area contributed by atoms with Gasteiger partial charge in [-0.1, -0.05) is 0 Å². The fourth-order valence-electron chi connectivity index (χ4n) is 1.42. The maximum atomic E-state index is 8.60. The molecule has 1 aromatic rings. The molecule has 5 heteroatoms. The van der Waals surface area contributed by atoms with E-state index in [-0.39, 0.29) is 0 Å². The van der Waals surface area contributed by atoms with Crippen molar-refractivity contribution in [3.63, 3.8) is 0 Å². The highest BCUT2D eigenvalue weighted by Gasteiger charge is 2.09. The molecular formula is C11H16N4O. The molecule has 0 spiro atoms. The third kappa shape index (κ3) is 3.41. The molecule has 0 atom stereocenters. The number of nitrogen functional groups attached to an aromatic ring is 1. The molecule has 1 heterocycles. The molecule has 0 unspecified atom stereocenters. The van der Waals surface area contributed by atoms with Gasteiger partial charge in [0.25, 0.3) is 0 Å². The van der Waals surface area contributed by atoms with Gasteiger partial charge in [0.2, 0.25) is 0 Å². The average Bonchev–Trinajstić information content (AvgIpc) is 2.31. The van der Waals surface area contributed by atoms with Crippen LogP contribution in [0, 0.1) is 11.3 Å². The second-order valence-corrected chi connectivity index (χ2v) is 3.30. The predicted octanol–water partition coefficient (Wildman–Crippen LogP) is 1.03. The number of rotatable bonds is 6. The van der Waals surface area contributed by atoms with E-state index in [1.165, 1.54) is 0 Å². The van der Waals surface area contributed by atoms with Crippen LogP contribution in [-0.4, -0.2) is 31.8 Å². The molecule has 86 valence electrons. The van der Waals surface area contributed by atoms with E-state index in [9.17, 15) is 0 Å². The van der Waals surface area contributed by atoms with E-state index in [1.54, 1.807) is 13.3 Å². The molecule has 0 saturated carbocycles. The number of nitrogens with two attached hydrogens (primary N) is 1. The van der Waals surface area contributed by atoms with E-state index in [0.29, 0.717) is 31.9 Å². The van der Waals surface area contributed by atoms with Gasteiger partial charge < -0.3 is 15.4 Å². The van der Waals surface area contributed by atoms with E-state index in [2.05, 4.69) is 11.1 Å². The Labute approximate surface area is 95.4 Å². The fraction of sp³-hybridized carbons (Fsp3) is 0.455. The topological polar surface area (TPSA) is 75.2 Å². The van der Waals surface area contributed by atoms with E-state index in [4.69, 9.17) is 15.7 Å². The summed E-state index contributed by atoms with van der Waals surface area (Å²) in [4.78, 5) is 6.04. The van der Waals surface area contributed by atoms with Crippen LogP contribution in [0.1, 0.15) is 6.42 Å². The van der Waals surface area contributed by atoms with Crippen LogP contribution in [0.2, 0.25) is 0 Å². The SMILES string of the molecule is COCCN(CCC#N)c1cccnc1N. The minimum absolute atomic E-state index is 0.456. The molecule has 16 heavy (non-hydrogen) atoms. The number of pyridine rings is 1. The van der Waals surface area contributed by atoms with E-state index >= 15 is 0 Å². The van der Waals surface area contributed by atoms with Gasteiger partial charge in [-0.25, -0.2) is 4.98 Å². The summed E-state index contributed by atoms with van der Waals surface area (Å²) < 4.78 is 5.03. The summed E-state index contributed by atoms with van der Waals surface area (Å²) in [6.45, 7) is 1.93. The number of nitriles is 1. The Kier molecular flexibility index (Phi) is 5.09. The van der Waals surface area contributed by atoms with Crippen molar-refractivity contribution in [2.75, 3.05) is 37.4 Å². The van der Waals surface area contributed by atoms with Crippen LogP contribution in [0.3, 0.4) is 0 Å². The molecule has 0 amide bonds. The Hall–Kier alpha value is -1.80. The highest BCUT2D eigenvalue weighted by molar-refractivity contribution is 5.62. The Balaban J connectivity index is 2.75. The monoisotopic (exact) mass is 220 g/mol. The van der Waals surface area contributed by atoms with Crippen molar-refractivity contribution in [2.45, 2.75) is 6.42 Å². The summed E-state index contributed by atoms with van der Waals surface area (Å²) >= 11 is 0. The number of hydrogen-bond donors (Lipinski definition) is 1. The Morgan fingerprint density at radius 3 is 3.00 bits per heavy atom. The molecule has 5 nitrogen and oxygen atoms in total. The molecule has 1 rings (SSSR count). The number of hydrogen-bond acceptors (Lipinski definition) is 5. The van der Waals surface area contributed by atoms with Crippen LogP contribution in [0.5, 0.6) is 0 Å². The first-order valence-corrected chi connectivity index (χ1v) is 5.11. The molecule has 0 saturated heterocycles. The summed E-state index contributed by atoms with van der Waals surface area (Å²) in [5.41, 5.74) is 6.64. The normalized spacial score (nSPS) is 9.75. The second-order valence-electron chi connectivity index (χ2n) is 3.30. The highest BCUT2D eigenvalue weighted by Crippen LogP contribution is 2.19. The molecule has 0 aliphatic rings. The third-order valence-electron chi connectivity index (χ3n) is 2.22. The molecular weight excluding hydrogens is 204 g/mol. The van der Waals surface area contributed by atoms with Crippen molar-refractivity contribution in [1.29, 1.82) is 5.26 Å². The van der Waals surface area contributed by atoms with Gasteiger partial charge in [-0.2, -0.15) is 5.26 Å². The molecule has 0 aromatic carbocycles. The maximum absolute atomic E-state index is 8.60. The van der Waals surface area contributed by atoms with Crippen LogP contribution in [0.25, 0.3) is 0 Å². The maximum Gasteiger partial charge on any atom is 0.146 e. The summed E-state index contributed by atoms with van der Waals surface area (Å²) in [5, 5.41) is 8.60.